The van der Waals surface area contributed by atoms with E-state index in [2.05, 4.69) is 36.4 Å². The lowest BCUT2D eigenvalue weighted by Crippen LogP contribution is -2.38. The molecule has 0 saturated heterocycles. The average molecular weight is 358 g/mol. The van der Waals surface area contributed by atoms with Crippen LogP contribution in [0.25, 0.3) is 16.2 Å². The first-order valence-electron chi connectivity index (χ1n) is 7.55. The average Bonchev–Trinajstić information content (AvgIpc) is 3.17. The molecule has 4 nitrogen and oxygen atoms in total. The van der Waals surface area contributed by atoms with Crippen LogP contribution in [-0.4, -0.2) is 22.3 Å². The van der Waals surface area contributed by atoms with E-state index in [0.29, 0.717) is 5.06 Å². The number of carbonyl (C=O) groups excluding carboxylic acids is 1. The number of fused-ring (bicyclic) bond motifs is 1. The summed E-state index contributed by atoms with van der Waals surface area (Å²) in [5.74, 6) is 0. The number of nitrogens with zero attached hydrogens (tertiary/aromatic N) is 1. The van der Waals surface area contributed by atoms with Gasteiger partial charge in [-0.25, -0.2) is 4.79 Å². The lowest BCUT2D eigenvalue weighted by Gasteiger charge is -2.16. The number of benzene rings is 1. The lowest BCUT2D eigenvalue weighted by atomic mass is 10.2. The van der Waals surface area contributed by atoms with Crippen LogP contribution in [0.2, 0.25) is 0 Å². The molecule has 2 heterocycles. The number of carbonyl (C=O) groups is 1. The van der Waals surface area contributed by atoms with Crippen LogP contribution in [0.1, 0.15) is 21.6 Å². The SMILES string of the molecule is C[C@H](C=Cc1ccc(Cc2cc3ccccc3s2)s1)N(O)C(N)=O. The smallest absolute Gasteiger partial charge is 0.339 e. The summed E-state index contributed by atoms with van der Waals surface area (Å²) < 4.78 is 1.31. The van der Waals surface area contributed by atoms with Crippen LogP contribution in [0.4, 0.5) is 4.79 Å². The van der Waals surface area contributed by atoms with Crippen LogP contribution in [-0.2, 0) is 6.42 Å². The molecule has 3 aromatic rings. The Hall–Kier alpha value is -2.15. The molecule has 0 saturated carbocycles. The first kappa shape index (κ1) is 16.7. The highest BCUT2D eigenvalue weighted by Crippen LogP contribution is 2.29. The Kier molecular flexibility index (Phi) is 4.99. The van der Waals surface area contributed by atoms with Crippen molar-refractivity contribution < 1.29 is 10.0 Å². The summed E-state index contributed by atoms with van der Waals surface area (Å²) >= 11 is 3.53. The zero-order chi connectivity index (χ0) is 17.1. The van der Waals surface area contributed by atoms with Gasteiger partial charge in [-0.15, -0.1) is 22.7 Å². The number of primary amides is 1. The molecule has 0 unspecified atom stereocenters. The van der Waals surface area contributed by atoms with Gasteiger partial charge in [0.25, 0.3) is 0 Å². The van der Waals surface area contributed by atoms with Gasteiger partial charge in [0.15, 0.2) is 0 Å². The number of hydrogen-bond donors (Lipinski definition) is 2. The number of amides is 2. The van der Waals surface area contributed by atoms with Crippen molar-refractivity contribution in [1.82, 2.24) is 5.06 Å². The van der Waals surface area contributed by atoms with Crippen LogP contribution in [0, 0.1) is 0 Å². The van der Waals surface area contributed by atoms with E-state index in [1.165, 1.54) is 19.8 Å². The molecule has 124 valence electrons. The molecule has 6 heteroatoms. The van der Waals surface area contributed by atoms with E-state index in [1.54, 1.807) is 24.3 Å². The van der Waals surface area contributed by atoms with Gasteiger partial charge in [0, 0.05) is 25.8 Å². The molecule has 0 fully saturated rings. The summed E-state index contributed by atoms with van der Waals surface area (Å²) in [5.41, 5.74) is 5.03. The molecule has 0 spiro atoms. The Morgan fingerprint density at radius 3 is 2.79 bits per heavy atom. The number of thiophene rings is 2. The lowest BCUT2D eigenvalue weighted by molar-refractivity contribution is -0.0560. The summed E-state index contributed by atoms with van der Waals surface area (Å²) in [4.78, 5) is 14.6. The van der Waals surface area contributed by atoms with E-state index < -0.39 is 12.1 Å². The molecule has 0 aliphatic rings. The van der Waals surface area contributed by atoms with Crippen molar-refractivity contribution in [3.63, 3.8) is 0 Å². The highest BCUT2D eigenvalue weighted by Gasteiger charge is 2.11. The van der Waals surface area contributed by atoms with Gasteiger partial charge in [-0.3, -0.25) is 5.21 Å². The predicted octanol–water partition coefficient (Wildman–Crippen LogP) is 4.73. The third kappa shape index (κ3) is 3.84. The largest absolute Gasteiger partial charge is 0.350 e. The van der Waals surface area contributed by atoms with Crippen molar-refractivity contribution in [1.29, 1.82) is 0 Å². The van der Waals surface area contributed by atoms with Crippen LogP contribution >= 0.6 is 22.7 Å². The Bertz CT molecular complexity index is 849. The molecule has 1 atom stereocenters. The molecular formula is C18H18N2O2S2. The Morgan fingerprint density at radius 1 is 1.25 bits per heavy atom. The molecule has 0 bridgehead atoms. The van der Waals surface area contributed by atoms with Crippen molar-refractivity contribution in [2.45, 2.75) is 19.4 Å². The quantitative estimate of drug-likeness (QED) is 0.512. The third-order valence-electron chi connectivity index (χ3n) is 3.66. The Morgan fingerprint density at radius 2 is 2.04 bits per heavy atom. The molecule has 3 N–H and O–H groups in total. The topological polar surface area (TPSA) is 66.6 Å². The van der Waals surface area contributed by atoms with E-state index >= 15 is 0 Å². The molecule has 24 heavy (non-hydrogen) atoms. The van der Waals surface area contributed by atoms with E-state index in [-0.39, 0.29) is 0 Å². The van der Waals surface area contributed by atoms with Gasteiger partial charge >= 0.3 is 6.03 Å². The molecule has 0 aliphatic heterocycles. The van der Waals surface area contributed by atoms with Crippen LogP contribution in [0.5, 0.6) is 0 Å². The summed E-state index contributed by atoms with van der Waals surface area (Å²) in [5, 5.41) is 11.3. The van der Waals surface area contributed by atoms with Crippen molar-refractivity contribution in [2.24, 2.45) is 5.73 Å². The fourth-order valence-electron chi connectivity index (χ4n) is 2.39. The number of hydroxylamine groups is 2. The maximum Gasteiger partial charge on any atom is 0.339 e. The normalized spacial score (nSPS) is 12.8. The van der Waals surface area contributed by atoms with Crippen molar-refractivity contribution in [3.05, 3.63) is 63.2 Å². The van der Waals surface area contributed by atoms with Crippen LogP contribution in [0.3, 0.4) is 0 Å². The molecule has 0 radical (unpaired) electrons. The second kappa shape index (κ2) is 7.17. The molecule has 3 rings (SSSR count). The summed E-state index contributed by atoms with van der Waals surface area (Å²) in [6.45, 7) is 1.70. The standard InChI is InChI=1S/C18H18N2O2S2/c1-12(20(22)18(19)21)6-7-14-8-9-15(23-14)11-16-10-13-4-2-3-5-17(13)24-16/h2-10,12,22H,11H2,1H3,(H2,19,21)/t12-/m1/s1. The second-order valence-electron chi connectivity index (χ2n) is 5.51. The summed E-state index contributed by atoms with van der Waals surface area (Å²) in [7, 11) is 0. The first-order valence-corrected chi connectivity index (χ1v) is 9.18. The van der Waals surface area contributed by atoms with Crippen molar-refractivity contribution >= 4 is 44.9 Å². The monoisotopic (exact) mass is 358 g/mol. The number of nitrogens with two attached hydrogens (primary N) is 1. The minimum absolute atomic E-state index is 0.462. The Labute approximate surface area is 148 Å². The zero-order valence-corrected chi connectivity index (χ0v) is 14.8. The number of hydrogen-bond acceptors (Lipinski definition) is 4. The second-order valence-corrected chi connectivity index (χ2v) is 7.88. The predicted molar refractivity (Wildman–Crippen MR) is 101 cm³/mol. The fourth-order valence-corrected chi connectivity index (χ4v) is 4.52. The highest BCUT2D eigenvalue weighted by atomic mass is 32.1. The summed E-state index contributed by atoms with van der Waals surface area (Å²) in [6, 6.07) is 13.5. The molecule has 0 aliphatic carbocycles. The van der Waals surface area contributed by atoms with Gasteiger partial charge in [0.05, 0.1) is 6.04 Å². The van der Waals surface area contributed by atoms with Gasteiger partial charge in [-0.2, -0.15) is 5.06 Å². The van der Waals surface area contributed by atoms with E-state index in [4.69, 9.17) is 5.73 Å². The molecular weight excluding hydrogens is 340 g/mol. The number of rotatable bonds is 5. The fraction of sp³-hybridized carbons (Fsp3) is 0.167. The minimum Gasteiger partial charge on any atom is -0.350 e. The summed E-state index contributed by atoms with van der Waals surface area (Å²) in [6.07, 6.45) is 4.57. The van der Waals surface area contributed by atoms with Crippen molar-refractivity contribution in [2.75, 3.05) is 0 Å². The first-order chi connectivity index (χ1) is 11.5. The van der Waals surface area contributed by atoms with E-state index in [1.807, 2.05) is 23.5 Å². The molecule has 2 amide bonds. The van der Waals surface area contributed by atoms with Gasteiger partial charge in [0.2, 0.25) is 0 Å². The minimum atomic E-state index is -0.858. The van der Waals surface area contributed by atoms with E-state index in [0.717, 1.165) is 11.3 Å². The van der Waals surface area contributed by atoms with Gasteiger partial charge in [0.1, 0.15) is 0 Å². The maximum atomic E-state index is 10.9. The van der Waals surface area contributed by atoms with Crippen LogP contribution in [0.15, 0.2) is 48.5 Å². The van der Waals surface area contributed by atoms with Gasteiger partial charge in [-0.05, 0) is 42.7 Å². The third-order valence-corrected chi connectivity index (χ3v) is 5.82. The van der Waals surface area contributed by atoms with E-state index in [9.17, 15) is 10.0 Å². The molecule has 1 aromatic carbocycles. The maximum absolute atomic E-state index is 10.9. The van der Waals surface area contributed by atoms with Crippen molar-refractivity contribution in [3.8, 4) is 0 Å². The highest BCUT2D eigenvalue weighted by molar-refractivity contribution is 7.19. The number of urea groups is 1. The Balaban J connectivity index is 1.68. The van der Waals surface area contributed by atoms with Crippen LogP contribution < -0.4 is 5.73 Å². The molecule has 2 aromatic heterocycles. The van der Waals surface area contributed by atoms with Gasteiger partial charge in [-0.1, -0.05) is 24.3 Å². The zero-order valence-electron chi connectivity index (χ0n) is 13.2. The van der Waals surface area contributed by atoms with Gasteiger partial charge < -0.3 is 5.73 Å².